The fourth-order valence-corrected chi connectivity index (χ4v) is 4.12. The lowest BCUT2D eigenvalue weighted by molar-refractivity contribution is 0.0716. The van der Waals surface area contributed by atoms with E-state index in [0.29, 0.717) is 43.9 Å². The van der Waals surface area contributed by atoms with Crippen molar-refractivity contribution in [3.05, 3.63) is 82.4 Å². The molecule has 4 rings (SSSR count). The summed E-state index contributed by atoms with van der Waals surface area (Å²) in [6.45, 7) is 3.34. The molecule has 0 atom stereocenters. The molecule has 8 heteroatoms. The van der Waals surface area contributed by atoms with Crippen molar-refractivity contribution in [3.63, 3.8) is 0 Å². The molecule has 1 aliphatic heterocycles. The monoisotopic (exact) mass is 440 g/mol. The third-order valence-corrected chi connectivity index (χ3v) is 5.74. The Balaban J connectivity index is 1.51. The number of aromatic nitrogens is 2. The van der Waals surface area contributed by atoms with Crippen molar-refractivity contribution in [3.8, 4) is 5.69 Å². The van der Waals surface area contributed by atoms with Crippen LogP contribution in [-0.4, -0.2) is 57.6 Å². The number of benzene rings is 2. The van der Waals surface area contributed by atoms with E-state index in [1.807, 2.05) is 30.3 Å². The lowest BCUT2D eigenvalue weighted by Crippen LogP contribution is -2.37. The van der Waals surface area contributed by atoms with Gasteiger partial charge < -0.3 is 9.80 Å². The zero-order valence-corrected chi connectivity index (χ0v) is 17.8. The molecule has 1 fully saturated rings. The Morgan fingerprint density at radius 2 is 1.52 bits per heavy atom. The number of rotatable bonds is 3. The molecule has 6 nitrogen and oxygen atoms in total. The number of para-hydroxylation sites is 1. The van der Waals surface area contributed by atoms with Gasteiger partial charge in [-0.25, -0.2) is 9.07 Å². The predicted octanol–water partition coefficient (Wildman–Crippen LogP) is 3.96. The van der Waals surface area contributed by atoms with Gasteiger partial charge in [0.15, 0.2) is 0 Å². The van der Waals surface area contributed by atoms with E-state index in [0.717, 1.165) is 5.69 Å². The number of amides is 2. The second-order valence-corrected chi connectivity index (χ2v) is 7.77. The van der Waals surface area contributed by atoms with Crippen LogP contribution in [0.3, 0.4) is 0 Å². The number of hydrogen-bond acceptors (Lipinski definition) is 3. The van der Waals surface area contributed by atoms with Crippen molar-refractivity contribution < 1.29 is 14.0 Å². The van der Waals surface area contributed by atoms with E-state index in [4.69, 9.17) is 11.6 Å². The number of aryl methyl sites for hydroxylation is 1. The van der Waals surface area contributed by atoms with E-state index in [2.05, 4.69) is 5.10 Å². The Morgan fingerprint density at radius 3 is 2.19 bits per heavy atom. The van der Waals surface area contributed by atoms with Crippen LogP contribution in [-0.2, 0) is 0 Å². The number of carbonyl (C=O) groups excluding carboxylic acids is 2. The minimum atomic E-state index is -0.541. The summed E-state index contributed by atoms with van der Waals surface area (Å²) in [6, 6.07) is 15.3. The van der Waals surface area contributed by atoms with Gasteiger partial charge in [0.1, 0.15) is 11.0 Å². The molecule has 0 spiro atoms. The molecule has 0 radical (unpaired) electrons. The molecule has 1 aliphatic rings. The number of carbonyl (C=O) groups is 2. The third-order valence-electron chi connectivity index (χ3n) is 5.39. The fourth-order valence-electron chi connectivity index (χ4n) is 3.77. The maximum Gasteiger partial charge on any atom is 0.258 e. The highest BCUT2D eigenvalue weighted by Gasteiger charge is 2.29. The molecule has 0 aliphatic carbocycles. The summed E-state index contributed by atoms with van der Waals surface area (Å²) in [7, 11) is 0. The van der Waals surface area contributed by atoms with Gasteiger partial charge in [-0.2, -0.15) is 5.10 Å². The van der Waals surface area contributed by atoms with Crippen molar-refractivity contribution >= 4 is 23.4 Å². The van der Waals surface area contributed by atoms with Crippen LogP contribution in [0.2, 0.25) is 5.15 Å². The van der Waals surface area contributed by atoms with Crippen molar-refractivity contribution in [2.45, 2.75) is 13.3 Å². The molecule has 2 aromatic carbocycles. The molecule has 0 N–H and O–H groups in total. The molecule has 31 heavy (non-hydrogen) atoms. The van der Waals surface area contributed by atoms with Gasteiger partial charge in [-0.3, -0.25) is 9.59 Å². The molecule has 2 amide bonds. The summed E-state index contributed by atoms with van der Waals surface area (Å²) in [5, 5.41) is 4.70. The van der Waals surface area contributed by atoms with Crippen LogP contribution >= 0.6 is 11.6 Å². The van der Waals surface area contributed by atoms with Crippen LogP contribution in [0.4, 0.5) is 4.39 Å². The van der Waals surface area contributed by atoms with Crippen LogP contribution in [0.25, 0.3) is 5.69 Å². The zero-order valence-electron chi connectivity index (χ0n) is 17.1. The smallest absolute Gasteiger partial charge is 0.258 e. The first kappa shape index (κ1) is 21.1. The first-order valence-corrected chi connectivity index (χ1v) is 10.5. The van der Waals surface area contributed by atoms with Crippen molar-refractivity contribution in [1.82, 2.24) is 19.6 Å². The summed E-state index contributed by atoms with van der Waals surface area (Å²) < 4.78 is 15.6. The lowest BCUT2D eigenvalue weighted by Gasteiger charge is -2.22. The fraction of sp³-hybridized carbons (Fsp3) is 0.261. The van der Waals surface area contributed by atoms with Gasteiger partial charge in [-0.05, 0) is 37.6 Å². The average molecular weight is 441 g/mol. The van der Waals surface area contributed by atoms with E-state index in [9.17, 15) is 14.0 Å². The van der Waals surface area contributed by atoms with Crippen LogP contribution in [0.15, 0.2) is 54.6 Å². The predicted molar refractivity (Wildman–Crippen MR) is 116 cm³/mol. The van der Waals surface area contributed by atoms with Crippen LogP contribution < -0.4 is 0 Å². The lowest BCUT2D eigenvalue weighted by atomic mass is 10.2. The molecular weight excluding hydrogens is 419 g/mol. The van der Waals surface area contributed by atoms with Crippen molar-refractivity contribution in [2.75, 3.05) is 26.2 Å². The molecule has 0 saturated carbocycles. The topological polar surface area (TPSA) is 58.4 Å². The van der Waals surface area contributed by atoms with Crippen molar-refractivity contribution in [1.29, 1.82) is 0 Å². The summed E-state index contributed by atoms with van der Waals surface area (Å²) in [5.74, 6) is -1.12. The third kappa shape index (κ3) is 4.18. The SMILES string of the molecule is Cc1nn(-c2ccccc2)c(Cl)c1C(=O)N1CCCN(C(=O)c2ccccc2F)CC1. The molecule has 0 unspecified atom stereocenters. The van der Waals surface area contributed by atoms with Gasteiger partial charge in [0.2, 0.25) is 0 Å². The Labute approximate surface area is 184 Å². The van der Waals surface area contributed by atoms with Crippen molar-refractivity contribution in [2.24, 2.45) is 0 Å². The second kappa shape index (κ2) is 8.89. The first-order chi connectivity index (χ1) is 15.0. The largest absolute Gasteiger partial charge is 0.337 e. The Kier molecular flexibility index (Phi) is 6.04. The van der Waals surface area contributed by atoms with Gasteiger partial charge >= 0.3 is 0 Å². The normalized spacial score (nSPS) is 14.4. The van der Waals surface area contributed by atoms with Crippen LogP contribution in [0.5, 0.6) is 0 Å². The van der Waals surface area contributed by atoms with Gasteiger partial charge in [0, 0.05) is 26.2 Å². The molecular formula is C23H22ClFN4O2. The molecule has 1 saturated heterocycles. The van der Waals surface area contributed by atoms with Gasteiger partial charge in [0.25, 0.3) is 11.8 Å². The molecule has 160 valence electrons. The minimum Gasteiger partial charge on any atom is -0.337 e. The summed E-state index contributed by atoms with van der Waals surface area (Å²) in [4.78, 5) is 29.3. The van der Waals surface area contributed by atoms with Gasteiger partial charge in [-0.15, -0.1) is 0 Å². The highest BCUT2D eigenvalue weighted by atomic mass is 35.5. The maximum absolute atomic E-state index is 14.0. The Bertz CT molecular complexity index is 1120. The van der Waals surface area contributed by atoms with E-state index < -0.39 is 5.82 Å². The summed E-state index contributed by atoms with van der Waals surface area (Å²) in [6.07, 6.45) is 0.593. The van der Waals surface area contributed by atoms with Gasteiger partial charge in [0.05, 0.1) is 22.5 Å². The zero-order chi connectivity index (χ0) is 22.0. The van der Waals surface area contributed by atoms with E-state index in [1.54, 1.807) is 33.5 Å². The quantitative estimate of drug-likeness (QED) is 0.619. The second-order valence-electron chi connectivity index (χ2n) is 7.42. The maximum atomic E-state index is 14.0. The summed E-state index contributed by atoms with van der Waals surface area (Å²) in [5.41, 5.74) is 1.72. The molecule has 1 aromatic heterocycles. The van der Waals surface area contributed by atoms with Crippen LogP contribution in [0.1, 0.15) is 32.8 Å². The standard InChI is InChI=1S/C23H22ClFN4O2/c1-16-20(21(24)29(26-16)17-8-3-2-4-9-17)23(31)28-13-7-12-27(14-15-28)22(30)18-10-5-6-11-19(18)25/h2-6,8-11H,7,12-15H2,1H3. The molecule has 0 bridgehead atoms. The highest BCUT2D eigenvalue weighted by molar-refractivity contribution is 6.33. The van der Waals surface area contributed by atoms with E-state index in [-0.39, 0.29) is 22.5 Å². The van der Waals surface area contributed by atoms with Gasteiger partial charge in [-0.1, -0.05) is 41.9 Å². The first-order valence-electron chi connectivity index (χ1n) is 10.1. The number of hydrogen-bond donors (Lipinski definition) is 0. The summed E-state index contributed by atoms with van der Waals surface area (Å²) >= 11 is 6.54. The molecule has 3 aromatic rings. The Morgan fingerprint density at radius 1 is 0.903 bits per heavy atom. The average Bonchev–Trinajstić information content (AvgIpc) is 2.94. The molecule has 2 heterocycles. The van der Waals surface area contributed by atoms with E-state index in [1.165, 1.54) is 12.1 Å². The number of nitrogens with zero attached hydrogens (tertiary/aromatic N) is 4. The highest BCUT2D eigenvalue weighted by Crippen LogP contribution is 2.25. The van der Waals surface area contributed by atoms with E-state index >= 15 is 0 Å². The minimum absolute atomic E-state index is 0.0466. The Hall–Kier alpha value is -3.19. The van der Waals surface area contributed by atoms with Crippen LogP contribution in [0, 0.1) is 12.7 Å². The number of halogens is 2.